The zero-order valence-electron chi connectivity index (χ0n) is 10.7. The summed E-state index contributed by atoms with van der Waals surface area (Å²) in [7, 11) is 0. The molecule has 1 fully saturated rings. The molecule has 2 aliphatic heterocycles. The zero-order chi connectivity index (χ0) is 12.9. The van der Waals surface area contributed by atoms with Gasteiger partial charge in [-0.1, -0.05) is 19.1 Å². The number of nitrogens with zero attached hydrogens (tertiary/aromatic N) is 1. The molecular formula is C14H17ClN2O. The molecule has 0 unspecified atom stereocenters. The lowest BCUT2D eigenvalue weighted by Gasteiger charge is -2.29. The number of hydrogen-bond donors (Lipinski definition) is 1. The van der Waals surface area contributed by atoms with Crippen molar-refractivity contribution in [2.24, 2.45) is 0 Å². The van der Waals surface area contributed by atoms with E-state index in [-0.39, 0.29) is 11.9 Å². The Hall–Kier alpha value is -1.06. The number of amides is 1. The first-order valence-electron chi connectivity index (χ1n) is 6.45. The van der Waals surface area contributed by atoms with Crippen LogP contribution in [0.4, 0.5) is 0 Å². The van der Waals surface area contributed by atoms with Gasteiger partial charge in [0.15, 0.2) is 0 Å². The number of nitrogens with one attached hydrogen (secondary N) is 1. The van der Waals surface area contributed by atoms with Crippen molar-refractivity contribution in [1.29, 1.82) is 0 Å². The van der Waals surface area contributed by atoms with Crippen molar-refractivity contribution in [3.05, 3.63) is 34.4 Å². The van der Waals surface area contributed by atoms with Gasteiger partial charge in [-0.15, -0.1) is 0 Å². The van der Waals surface area contributed by atoms with Gasteiger partial charge >= 0.3 is 0 Å². The van der Waals surface area contributed by atoms with Gasteiger partial charge in [-0.05, 0) is 41.8 Å². The average Bonchev–Trinajstić information content (AvgIpc) is 2.69. The number of benzene rings is 1. The minimum Gasteiger partial charge on any atom is -0.347 e. The fourth-order valence-corrected chi connectivity index (χ4v) is 3.45. The highest BCUT2D eigenvalue weighted by atomic mass is 35.5. The van der Waals surface area contributed by atoms with E-state index in [2.05, 4.69) is 24.4 Å². The number of fused-ring (bicyclic) bond motifs is 3. The Labute approximate surface area is 112 Å². The molecule has 0 spiro atoms. The maximum Gasteiger partial charge on any atom is 0.252 e. The standard InChI is InChI=1S/C14H17ClN2O/c1-3-9-4-8(2)13-10(5-9)11-6-17(15)7-12(11)16-14(13)18/h4-5,11-12H,3,6-7H2,1-2H3,(H,16,18)/t11-,12+/m1/s1. The van der Waals surface area contributed by atoms with Crippen LogP contribution in [0.5, 0.6) is 0 Å². The van der Waals surface area contributed by atoms with Crippen molar-refractivity contribution in [3.8, 4) is 0 Å². The second-order valence-corrected chi connectivity index (χ2v) is 5.72. The quantitative estimate of drug-likeness (QED) is 0.789. The van der Waals surface area contributed by atoms with E-state index in [0.717, 1.165) is 30.6 Å². The summed E-state index contributed by atoms with van der Waals surface area (Å²) in [6, 6.07) is 4.47. The number of aryl methyl sites for hydroxylation is 2. The lowest BCUT2D eigenvalue weighted by Crippen LogP contribution is -2.44. The van der Waals surface area contributed by atoms with Gasteiger partial charge in [0.2, 0.25) is 0 Å². The number of carbonyl (C=O) groups excluding carboxylic acids is 1. The molecule has 96 valence electrons. The Balaban J connectivity index is 2.14. The summed E-state index contributed by atoms with van der Waals surface area (Å²) in [5.74, 6) is 0.388. The zero-order valence-corrected chi connectivity index (χ0v) is 11.4. The van der Waals surface area contributed by atoms with Crippen LogP contribution in [0.2, 0.25) is 0 Å². The maximum absolute atomic E-state index is 12.2. The molecule has 1 saturated heterocycles. The first-order valence-corrected chi connectivity index (χ1v) is 6.79. The monoisotopic (exact) mass is 264 g/mol. The minimum absolute atomic E-state index is 0.0540. The van der Waals surface area contributed by atoms with Gasteiger partial charge in [-0.3, -0.25) is 4.79 Å². The Morgan fingerprint density at radius 1 is 1.44 bits per heavy atom. The van der Waals surface area contributed by atoms with E-state index in [4.69, 9.17) is 11.8 Å². The first-order chi connectivity index (χ1) is 8.60. The van der Waals surface area contributed by atoms with Crippen molar-refractivity contribution in [3.63, 3.8) is 0 Å². The van der Waals surface area contributed by atoms with E-state index in [1.165, 1.54) is 11.1 Å². The second-order valence-electron chi connectivity index (χ2n) is 5.24. The molecule has 2 heterocycles. The molecule has 0 bridgehead atoms. The summed E-state index contributed by atoms with van der Waals surface area (Å²) in [6.07, 6.45) is 0.998. The van der Waals surface area contributed by atoms with Crippen LogP contribution in [-0.4, -0.2) is 29.5 Å². The first kappa shape index (κ1) is 12.0. The molecule has 3 rings (SSSR count). The molecule has 4 heteroatoms. The lowest BCUT2D eigenvalue weighted by molar-refractivity contribution is 0.0923. The molecule has 1 aromatic rings. The Kier molecular flexibility index (Phi) is 2.83. The molecule has 3 nitrogen and oxygen atoms in total. The van der Waals surface area contributed by atoms with E-state index < -0.39 is 0 Å². The molecule has 1 aromatic carbocycles. The van der Waals surface area contributed by atoms with Gasteiger partial charge in [-0.2, -0.15) is 0 Å². The second kappa shape index (κ2) is 4.25. The van der Waals surface area contributed by atoms with Crippen LogP contribution in [0, 0.1) is 6.92 Å². The number of halogens is 1. The van der Waals surface area contributed by atoms with Gasteiger partial charge in [0.1, 0.15) is 0 Å². The predicted molar refractivity (Wildman–Crippen MR) is 72.0 cm³/mol. The van der Waals surface area contributed by atoms with Crippen molar-refractivity contribution < 1.29 is 4.79 Å². The third-order valence-electron chi connectivity index (χ3n) is 4.05. The number of carbonyl (C=O) groups is 1. The molecule has 1 N–H and O–H groups in total. The lowest BCUT2D eigenvalue weighted by atomic mass is 9.83. The summed E-state index contributed by atoms with van der Waals surface area (Å²) < 4.78 is 1.78. The Morgan fingerprint density at radius 2 is 2.22 bits per heavy atom. The van der Waals surface area contributed by atoms with Crippen LogP contribution < -0.4 is 5.32 Å². The van der Waals surface area contributed by atoms with Crippen molar-refractivity contribution in [2.75, 3.05) is 13.1 Å². The Morgan fingerprint density at radius 3 is 2.94 bits per heavy atom. The third kappa shape index (κ3) is 1.73. The van der Waals surface area contributed by atoms with E-state index in [1.54, 1.807) is 4.42 Å². The molecule has 0 radical (unpaired) electrons. The van der Waals surface area contributed by atoms with Crippen LogP contribution in [0.1, 0.15) is 39.9 Å². The minimum atomic E-state index is 0.0540. The van der Waals surface area contributed by atoms with Crippen LogP contribution in [0.25, 0.3) is 0 Å². The molecule has 18 heavy (non-hydrogen) atoms. The molecule has 1 amide bonds. The highest BCUT2D eigenvalue weighted by Gasteiger charge is 2.40. The molecule has 2 atom stereocenters. The largest absolute Gasteiger partial charge is 0.347 e. The van der Waals surface area contributed by atoms with Crippen LogP contribution >= 0.6 is 11.8 Å². The summed E-state index contributed by atoms with van der Waals surface area (Å²) >= 11 is 6.10. The highest BCUT2D eigenvalue weighted by Crippen LogP contribution is 2.36. The topological polar surface area (TPSA) is 32.3 Å². The third-order valence-corrected chi connectivity index (χ3v) is 4.33. The van der Waals surface area contributed by atoms with Gasteiger partial charge in [0.05, 0.1) is 6.04 Å². The number of hydrogen-bond acceptors (Lipinski definition) is 2. The highest BCUT2D eigenvalue weighted by molar-refractivity contribution is 6.13. The normalized spacial score (nSPS) is 26.7. The van der Waals surface area contributed by atoms with Crippen molar-refractivity contribution in [2.45, 2.75) is 32.2 Å². The van der Waals surface area contributed by atoms with Gasteiger partial charge in [-0.25, -0.2) is 4.42 Å². The smallest absolute Gasteiger partial charge is 0.252 e. The summed E-state index contributed by atoms with van der Waals surface area (Å²) in [4.78, 5) is 12.2. The van der Waals surface area contributed by atoms with E-state index in [9.17, 15) is 4.79 Å². The molecular weight excluding hydrogens is 248 g/mol. The van der Waals surface area contributed by atoms with Crippen molar-refractivity contribution >= 4 is 17.7 Å². The summed E-state index contributed by atoms with van der Waals surface area (Å²) in [5, 5.41) is 3.08. The summed E-state index contributed by atoms with van der Waals surface area (Å²) in [5.41, 5.74) is 4.42. The molecule has 2 aliphatic rings. The predicted octanol–water partition coefficient (Wildman–Crippen LogP) is 2.22. The van der Waals surface area contributed by atoms with Crippen LogP contribution in [0.3, 0.4) is 0 Å². The van der Waals surface area contributed by atoms with E-state index >= 15 is 0 Å². The van der Waals surface area contributed by atoms with Gasteiger partial charge in [0.25, 0.3) is 5.91 Å². The maximum atomic E-state index is 12.2. The van der Waals surface area contributed by atoms with Gasteiger partial charge in [0, 0.05) is 24.6 Å². The van der Waals surface area contributed by atoms with Crippen LogP contribution in [0.15, 0.2) is 12.1 Å². The SMILES string of the molecule is CCc1cc(C)c2c(c1)[C@H]1CN(Cl)C[C@@H]1NC2=O. The average molecular weight is 265 g/mol. The molecule has 0 aromatic heterocycles. The van der Waals surface area contributed by atoms with E-state index in [0.29, 0.717) is 5.92 Å². The molecule has 0 saturated carbocycles. The van der Waals surface area contributed by atoms with E-state index in [1.807, 2.05) is 6.92 Å². The van der Waals surface area contributed by atoms with Crippen LogP contribution in [-0.2, 0) is 6.42 Å². The van der Waals surface area contributed by atoms with Gasteiger partial charge < -0.3 is 5.32 Å². The van der Waals surface area contributed by atoms with Crippen molar-refractivity contribution in [1.82, 2.24) is 9.74 Å². The fraction of sp³-hybridized carbons (Fsp3) is 0.500. The Bertz CT molecular complexity index is 515. The molecule has 0 aliphatic carbocycles. The number of rotatable bonds is 1. The fourth-order valence-electron chi connectivity index (χ4n) is 3.16. The summed E-state index contributed by atoms with van der Waals surface area (Å²) in [6.45, 7) is 5.70.